The average molecular weight is 292 g/mol. The molecule has 2 aromatic carbocycles. The van der Waals surface area contributed by atoms with E-state index in [9.17, 15) is 4.79 Å². The summed E-state index contributed by atoms with van der Waals surface area (Å²) in [6.07, 6.45) is 0.761. The molecule has 4 heteroatoms. The normalized spacial score (nSPS) is 10.5. The van der Waals surface area contributed by atoms with E-state index < -0.39 is 0 Å². The second kappa shape index (κ2) is 5.85. The fourth-order valence-corrected chi connectivity index (χ4v) is 2.36. The number of rotatable bonds is 4. The maximum absolute atomic E-state index is 10.8. The number of hydrogen-bond donors (Lipinski definition) is 0. The summed E-state index contributed by atoms with van der Waals surface area (Å²) in [7, 11) is 3.67. The highest BCUT2D eigenvalue weighted by atomic mass is 16.5. The summed E-state index contributed by atoms with van der Waals surface area (Å²) in [6.45, 7) is 0. The van der Waals surface area contributed by atoms with Gasteiger partial charge in [0.15, 0.2) is 6.29 Å². The zero-order valence-corrected chi connectivity index (χ0v) is 12.5. The van der Waals surface area contributed by atoms with Crippen molar-refractivity contribution in [1.29, 1.82) is 0 Å². The van der Waals surface area contributed by atoms with Crippen LogP contribution in [-0.2, 0) is 0 Å². The van der Waals surface area contributed by atoms with E-state index in [0.29, 0.717) is 5.69 Å². The van der Waals surface area contributed by atoms with Crippen LogP contribution >= 0.6 is 0 Å². The summed E-state index contributed by atoms with van der Waals surface area (Å²) < 4.78 is 5.18. The minimum Gasteiger partial charge on any atom is -0.497 e. The molecule has 3 rings (SSSR count). The Morgan fingerprint density at radius 1 is 1.00 bits per heavy atom. The van der Waals surface area contributed by atoms with E-state index >= 15 is 0 Å². The highest BCUT2D eigenvalue weighted by Crippen LogP contribution is 2.27. The van der Waals surface area contributed by atoms with Gasteiger partial charge in [-0.25, -0.2) is 4.98 Å². The lowest BCUT2D eigenvalue weighted by molar-refractivity contribution is 0.111. The van der Waals surface area contributed by atoms with Crippen molar-refractivity contribution < 1.29 is 9.53 Å². The number of carbonyl (C=O) groups excluding carboxylic acids is 1. The van der Waals surface area contributed by atoms with Gasteiger partial charge in [0.25, 0.3) is 0 Å². The van der Waals surface area contributed by atoms with Gasteiger partial charge in [-0.2, -0.15) is 0 Å². The Labute approximate surface area is 129 Å². The maximum Gasteiger partial charge on any atom is 0.168 e. The molecule has 0 atom stereocenters. The molecule has 0 amide bonds. The number of carbonyl (C=O) groups is 1. The molecule has 0 spiro atoms. The Morgan fingerprint density at radius 2 is 1.73 bits per heavy atom. The predicted molar refractivity (Wildman–Crippen MR) is 88.2 cm³/mol. The maximum atomic E-state index is 10.8. The van der Waals surface area contributed by atoms with E-state index in [-0.39, 0.29) is 0 Å². The van der Waals surface area contributed by atoms with Crippen molar-refractivity contribution in [3.8, 4) is 5.75 Å². The zero-order chi connectivity index (χ0) is 15.5. The van der Waals surface area contributed by atoms with Gasteiger partial charge in [-0.05, 0) is 48.5 Å². The first kappa shape index (κ1) is 14.1. The van der Waals surface area contributed by atoms with Crippen molar-refractivity contribution in [2.45, 2.75) is 0 Å². The van der Waals surface area contributed by atoms with Gasteiger partial charge in [-0.1, -0.05) is 6.07 Å². The Balaban J connectivity index is 1.95. The van der Waals surface area contributed by atoms with Gasteiger partial charge in [-0.15, -0.1) is 0 Å². The number of nitrogens with zero attached hydrogens (tertiary/aromatic N) is 2. The molecule has 4 nitrogen and oxygen atoms in total. The summed E-state index contributed by atoms with van der Waals surface area (Å²) in [4.78, 5) is 17.2. The van der Waals surface area contributed by atoms with Gasteiger partial charge in [0.1, 0.15) is 11.4 Å². The topological polar surface area (TPSA) is 42.4 Å². The van der Waals surface area contributed by atoms with E-state index in [1.165, 1.54) is 0 Å². The second-order valence-corrected chi connectivity index (χ2v) is 4.99. The largest absolute Gasteiger partial charge is 0.497 e. The molecular formula is C18H16N2O2. The van der Waals surface area contributed by atoms with Crippen LogP contribution in [0.4, 0.5) is 11.4 Å². The Kier molecular flexibility index (Phi) is 3.74. The first-order valence-electron chi connectivity index (χ1n) is 6.95. The van der Waals surface area contributed by atoms with Crippen LogP contribution < -0.4 is 9.64 Å². The molecule has 0 N–H and O–H groups in total. The fourth-order valence-electron chi connectivity index (χ4n) is 2.36. The standard InChI is InChI=1S/C18H16N2O2/c1-20(15-5-8-17(22-2)9-6-15)16-7-10-18-13(11-16)3-4-14(12-21)19-18/h3-12H,1-2H3. The number of hydrogen-bond acceptors (Lipinski definition) is 4. The average Bonchev–Trinajstić information content (AvgIpc) is 2.60. The molecular weight excluding hydrogens is 276 g/mol. The van der Waals surface area contributed by atoms with Gasteiger partial charge in [0.05, 0.1) is 12.6 Å². The molecule has 0 saturated carbocycles. The quantitative estimate of drug-likeness (QED) is 0.685. The highest BCUT2D eigenvalue weighted by Gasteiger charge is 2.06. The predicted octanol–water partition coefficient (Wildman–Crippen LogP) is 3.82. The second-order valence-electron chi connectivity index (χ2n) is 4.99. The molecule has 110 valence electrons. The van der Waals surface area contributed by atoms with Crippen molar-refractivity contribution in [3.05, 3.63) is 60.3 Å². The lowest BCUT2D eigenvalue weighted by Crippen LogP contribution is -2.09. The molecule has 0 saturated heterocycles. The number of pyridine rings is 1. The van der Waals surface area contributed by atoms with Crippen molar-refractivity contribution in [2.24, 2.45) is 0 Å². The Morgan fingerprint density at radius 3 is 2.41 bits per heavy atom. The lowest BCUT2D eigenvalue weighted by Gasteiger charge is -2.20. The van der Waals surface area contributed by atoms with Crippen LogP contribution in [0.25, 0.3) is 10.9 Å². The highest BCUT2D eigenvalue weighted by molar-refractivity contribution is 5.86. The Hall–Kier alpha value is -2.88. The van der Waals surface area contributed by atoms with E-state index in [1.807, 2.05) is 49.5 Å². The number of aldehydes is 1. The number of ether oxygens (including phenoxy) is 1. The summed E-state index contributed by atoms with van der Waals surface area (Å²) >= 11 is 0. The summed E-state index contributed by atoms with van der Waals surface area (Å²) in [5.41, 5.74) is 3.39. The minimum atomic E-state index is 0.448. The van der Waals surface area contributed by atoms with Crippen LogP contribution in [0.2, 0.25) is 0 Å². The van der Waals surface area contributed by atoms with Crippen molar-refractivity contribution >= 4 is 28.6 Å². The zero-order valence-electron chi connectivity index (χ0n) is 12.5. The molecule has 3 aromatic rings. The van der Waals surface area contributed by atoms with Crippen LogP contribution in [0.5, 0.6) is 5.75 Å². The molecule has 1 heterocycles. The van der Waals surface area contributed by atoms with E-state index in [2.05, 4.69) is 16.0 Å². The third-order valence-corrected chi connectivity index (χ3v) is 3.66. The van der Waals surface area contributed by atoms with Gasteiger partial charge in [0.2, 0.25) is 0 Å². The van der Waals surface area contributed by atoms with E-state index in [0.717, 1.165) is 34.3 Å². The van der Waals surface area contributed by atoms with Gasteiger partial charge in [-0.3, -0.25) is 4.79 Å². The third-order valence-electron chi connectivity index (χ3n) is 3.66. The molecule has 0 radical (unpaired) electrons. The molecule has 22 heavy (non-hydrogen) atoms. The molecule has 1 aromatic heterocycles. The summed E-state index contributed by atoms with van der Waals surface area (Å²) in [5, 5.41) is 1.00. The van der Waals surface area contributed by atoms with Crippen LogP contribution in [0.1, 0.15) is 10.5 Å². The third kappa shape index (κ3) is 2.63. The fraction of sp³-hybridized carbons (Fsp3) is 0.111. The molecule has 0 bridgehead atoms. The number of aromatic nitrogens is 1. The lowest BCUT2D eigenvalue weighted by atomic mass is 10.1. The van der Waals surface area contributed by atoms with E-state index in [4.69, 9.17) is 4.74 Å². The van der Waals surface area contributed by atoms with Crippen molar-refractivity contribution in [2.75, 3.05) is 19.1 Å². The number of anilines is 2. The van der Waals surface area contributed by atoms with Crippen LogP contribution in [0.3, 0.4) is 0 Å². The van der Waals surface area contributed by atoms with Crippen LogP contribution in [0.15, 0.2) is 54.6 Å². The van der Waals surface area contributed by atoms with Gasteiger partial charge < -0.3 is 9.64 Å². The molecule has 0 aliphatic carbocycles. The molecule has 0 unspecified atom stereocenters. The molecule has 0 aliphatic rings. The van der Waals surface area contributed by atoms with Crippen molar-refractivity contribution in [1.82, 2.24) is 4.98 Å². The summed E-state index contributed by atoms with van der Waals surface area (Å²) in [6, 6.07) is 17.5. The first-order valence-corrected chi connectivity index (χ1v) is 6.95. The molecule has 0 aliphatic heterocycles. The molecule has 0 fully saturated rings. The van der Waals surface area contributed by atoms with Crippen LogP contribution in [-0.4, -0.2) is 25.4 Å². The first-order chi connectivity index (χ1) is 10.7. The van der Waals surface area contributed by atoms with Crippen LogP contribution in [0, 0.1) is 0 Å². The minimum absolute atomic E-state index is 0.448. The summed E-state index contributed by atoms with van der Waals surface area (Å²) in [5.74, 6) is 0.834. The smallest absolute Gasteiger partial charge is 0.168 e. The SMILES string of the molecule is COc1ccc(N(C)c2ccc3nc(C=O)ccc3c2)cc1. The monoisotopic (exact) mass is 292 g/mol. The van der Waals surface area contributed by atoms with Crippen molar-refractivity contribution in [3.63, 3.8) is 0 Å². The Bertz CT molecular complexity index is 813. The van der Waals surface area contributed by atoms with Gasteiger partial charge in [0, 0.05) is 23.8 Å². The van der Waals surface area contributed by atoms with Gasteiger partial charge >= 0.3 is 0 Å². The van der Waals surface area contributed by atoms with E-state index in [1.54, 1.807) is 13.2 Å². The number of benzene rings is 2. The number of methoxy groups -OCH3 is 1. The number of fused-ring (bicyclic) bond motifs is 1.